The van der Waals surface area contributed by atoms with Crippen LogP contribution in [0.2, 0.25) is 0 Å². The van der Waals surface area contributed by atoms with E-state index in [1.54, 1.807) is 0 Å². The first-order valence-corrected chi connectivity index (χ1v) is 8.78. The van der Waals surface area contributed by atoms with Crippen LogP contribution in [0.4, 0.5) is 15.8 Å². The highest BCUT2D eigenvalue weighted by Gasteiger charge is 2.27. The average molecular weight is 388 g/mol. The molecule has 28 heavy (non-hydrogen) atoms. The Morgan fingerprint density at radius 2 is 1.89 bits per heavy atom. The molecule has 1 amide bonds. The predicted molar refractivity (Wildman–Crippen MR) is 101 cm³/mol. The summed E-state index contributed by atoms with van der Waals surface area (Å²) in [4.78, 5) is 34.5. The van der Waals surface area contributed by atoms with Gasteiger partial charge in [0.05, 0.1) is 10.8 Å². The van der Waals surface area contributed by atoms with Crippen LogP contribution in [0.1, 0.15) is 31.7 Å². The molecule has 2 atom stereocenters. The Morgan fingerprint density at radius 1 is 1.21 bits per heavy atom. The van der Waals surface area contributed by atoms with Gasteiger partial charge in [0.15, 0.2) is 6.61 Å². The average Bonchev–Trinajstić information content (AvgIpc) is 2.68. The van der Waals surface area contributed by atoms with E-state index in [0.717, 1.165) is 24.1 Å². The lowest BCUT2D eigenvalue weighted by Crippen LogP contribution is -2.27. The minimum absolute atomic E-state index is 0.0118. The zero-order valence-electron chi connectivity index (χ0n) is 15.6. The van der Waals surface area contributed by atoms with Crippen LogP contribution in [0.3, 0.4) is 0 Å². The number of carbonyl (C=O) groups is 2. The monoisotopic (exact) mass is 388 g/mol. The molecule has 0 heterocycles. The van der Waals surface area contributed by atoms with E-state index in [2.05, 4.69) is 5.32 Å². The molecule has 8 heteroatoms. The number of rotatable bonds is 8. The number of halogens is 1. The molecular formula is C20H21FN2O5. The second-order valence-electron chi connectivity index (χ2n) is 6.35. The number of hydrogen-bond donors (Lipinski definition) is 1. The number of benzene rings is 2. The lowest BCUT2D eigenvalue weighted by Gasteiger charge is -2.21. The van der Waals surface area contributed by atoms with Crippen LogP contribution in [0.25, 0.3) is 0 Å². The van der Waals surface area contributed by atoms with Gasteiger partial charge in [0.25, 0.3) is 5.91 Å². The van der Waals surface area contributed by atoms with Gasteiger partial charge in [0.2, 0.25) is 5.82 Å². The van der Waals surface area contributed by atoms with Crippen molar-refractivity contribution < 1.29 is 23.6 Å². The van der Waals surface area contributed by atoms with Crippen molar-refractivity contribution in [3.05, 3.63) is 70.0 Å². The zero-order valence-corrected chi connectivity index (χ0v) is 15.6. The van der Waals surface area contributed by atoms with Crippen LogP contribution in [-0.2, 0) is 14.3 Å². The second-order valence-corrected chi connectivity index (χ2v) is 6.35. The Bertz CT molecular complexity index is 857. The Labute approximate surface area is 161 Å². The summed E-state index contributed by atoms with van der Waals surface area (Å²) < 4.78 is 18.5. The predicted octanol–water partition coefficient (Wildman–Crippen LogP) is 4.05. The molecule has 2 aromatic rings. The molecule has 2 unspecified atom stereocenters. The molecule has 0 fully saturated rings. The molecule has 2 aromatic carbocycles. The van der Waals surface area contributed by atoms with E-state index in [-0.39, 0.29) is 11.6 Å². The van der Waals surface area contributed by atoms with Gasteiger partial charge < -0.3 is 10.1 Å². The van der Waals surface area contributed by atoms with Crippen LogP contribution < -0.4 is 5.32 Å². The first-order valence-electron chi connectivity index (χ1n) is 8.78. The summed E-state index contributed by atoms with van der Waals surface area (Å²) in [5.74, 6) is -2.71. The van der Waals surface area contributed by atoms with Gasteiger partial charge in [-0.2, -0.15) is 4.39 Å². The number of esters is 1. The van der Waals surface area contributed by atoms with Crippen molar-refractivity contribution in [3.63, 3.8) is 0 Å². The zero-order chi connectivity index (χ0) is 20.7. The molecule has 0 saturated heterocycles. The number of anilines is 1. The Kier molecular flexibility index (Phi) is 7.20. The SMILES string of the molecule is CCC(C)C(C(=O)OCC(=O)Nc1ccc(F)c([N+](=O)[O-])c1)c1ccccc1. The summed E-state index contributed by atoms with van der Waals surface area (Å²) >= 11 is 0. The first kappa shape index (κ1) is 21.0. The van der Waals surface area contributed by atoms with Crippen LogP contribution in [0.15, 0.2) is 48.5 Å². The van der Waals surface area contributed by atoms with Gasteiger partial charge >= 0.3 is 11.7 Å². The number of amides is 1. The summed E-state index contributed by atoms with van der Waals surface area (Å²) in [6.45, 7) is 3.34. The molecule has 2 rings (SSSR count). The van der Waals surface area contributed by atoms with Crippen molar-refractivity contribution >= 4 is 23.3 Å². The third-order valence-electron chi connectivity index (χ3n) is 4.40. The van der Waals surface area contributed by atoms with E-state index in [1.165, 1.54) is 6.07 Å². The van der Waals surface area contributed by atoms with Gasteiger partial charge in [-0.3, -0.25) is 19.7 Å². The van der Waals surface area contributed by atoms with Crippen molar-refractivity contribution in [2.45, 2.75) is 26.2 Å². The third kappa shape index (κ3) is 5.35. The van der Waals surface area contributed by atoms with Crippen LogP contribution in [-0.4, -0.2) is 23.4 Å². The maximum absolute atomic E-state index is 13.3. The van der Waals surface area contributed by atoms with Gasteiger partial charge in [-0.25, -0.2) is 0 Å². The molecule has 1 N–H and O–H groups in total. The van der Waals surface area contributed by atoms with E-state index in [1.807, 2.05) is 44.2 Å². The standard InChI is InChI=1S/C20H21FN2O5/c1-3-13(2)19(14-7-5-4-6-8-14)20(25)28-12-18(24)22-15-9-10-16(21)17(11-15)23(26)27/h4-11,13,19H,3,12H2,1-2H3,(H,22,24). The quantitative estimate of drug-likeness (QED) is 0.418. The molecule has 148 valence electrons. The van der Waals surface area contributed by atoms with Crippen molar-refractivity contribution in [2.75, 3.05) is 11.9 Å². The van der Waals surface area contributed by atoms with E-state index >= 15 is 0 Å². The Balaban J connectivity index is 2.02. The summed E-state index contributed by atoms with van der Waals surface area (Å²) in [6, 6.07) is 12.1. The Morgan fingerprint density at radius 3 is 2.50 bits per heavy atom. The van der Waals surface area contributed by atoms with Gasteiger partial charge in [-0.05, 0) is 23.6 Å². The fraction of sp³-hybridized carbons (Fsp3) is 0.300. The summed E-state index contributed by atoms with van der Waals surface area (Å²) in [6.07, 6.45) is 0.750. The first-order chi connectivity index (χ1) is 13.3. The number of nitro benzene ring substituents is 1. The fourth-order valence-corrected chi connectivity index (χ4v) is 2.75. The number of carbonyl (C=O) groups excluding carboxylic acids is 2. The van der Waals surface area contributed by atoms with E-state index in [9.17, 15) is 24.1 Å². The van der Waals surface area contributed by atoms with Gasteiger partial charge in [-0.1, -0.05) is 50.6 Å². The van der Waals surface area contributed by atoms with Crippen LogP contribution in [0, 0.1) is 21.8 Å². The van der Waals surface area contributed by atoms with Gasteiger partial charge in [0.1, 0.15) is 0 Å². The molecule has 0 saturated carbocycles. The van der Waals surface area contributed by atoms with Crippen LogP contribution >= 0.6 is 0 Å². The number of ether oxygens (including phenoxy) is 1. The minimum atomic E-state index is -1.01. The maximum Gasteiger partial charge on any atom is 0.314 e. The number of nitrogens with one attached hydrogen (secondary N) is 1. The van der Waals surface area contributed by atoms with Gasteiger partial charge in [0, 0.05) is 11.8 Å². The molecule has 0 aromatic heterocycles. The highest BCUT2D eigenvalue weighted by atomic mass is 19.1. The van der Waals surface area contributed by atoms with Crippen LogP contribution in [0.5, 0.6) is 0 Å². The largest absolute Gasteiger partial charge is 0.455 e. The van der Waals surface area contributed by atoms with Gasteiger partial charge in [-0.15, -0.1) is 0 Å². The lowest BCUT2D eigenvalue weighted by atomic mass is 9.86. The normalized spacial score (nSPS) is 12.7. The molecule has 7 nitrogen and oxygen atoms in total. The van der Waals surface area contributed by atoms with E-state index < -0.39 is 40.8 Å². The topological polar surface area (TPSA) is 98.5 Å². The smallest absolute Gasteiger partial charge is 0.314 e. The van der Waals surface area contributed by atoms with E-state index in [4.69, 9.17) is 4.74 Å². The summed E-state index contributed by atoms with van der Waals surface area (Å²) in [7, 11) is 0. The molecular weight excluding hydrogens is 367 g/mol. The number of hydrogen-bond acceptors (Lipinski definition) is 5. The van der Waals surface area contributed by atoms with Crippen molar-refractivity contribution in [3.8, 4) is 0 Å². The summed E-state index contributed by atoms with van der Waals surface area (Å²) in [5.41, 5.74) is 0.0859. The molecule has 0 spiro atoms. The fourth-order valence-electron chi connectivity index (χ4n) is 2.75. The molecule has 0 bridgehead atoms. The van der Waals surface area contributed by atoms with E-state index in [0.29, 0.717) is 0 Å². The second kappa shape index (κ2) is 9.59. The lowest BCUT2D eigenvalue weighted by molar-refractivity contribution is -0.387. The highest BCUT2D eigenvalue weighted by Crippen LogP contribution is 2.28. The van der Waals surface area contributed by atoms with Crippen molar-refractivity contribution in [2.24, 2.45) is 5.92 Å². The molecule has 0 aliphatic carbocycles. The number of nitro groups is 1. The third-order valence-corrected chi connectivity index (χ3v) is 4.40. The minimum Gasteiger partial charge on any atom is -0.455 e. The summed E-state index contributed by atoms with van der Waals surface area (Å²) in [5, 5.41) is 13.1. The Hall–Kier alpha value is -3.29. The maximum atomic E-state index is 13.3. The van der Waals surface area contributed by atoms with Crippen molar-refractivity contribution in [1.29, 1.82) is 0 Å². The van der Waals surface area contributed by atoms with Crippen molar-refractivity contribution in [1.82, 2.24) is 0 Å². The highest BCUT2D eigenvalue weighted by molar-refractivity contribution is 5.93. The molecule has 0 radical (unpaired) electrons. The molecule has 0 aliphatic rings. The number of nitrogens with zero attached hydrogens (tertiary/aromatic N) is 1. The molecule has 0 aliphatic heterocycles.